The monoisotopic (exact) mass is 266 g/mol. The standard InChI is InChI=1S/C17H18N2O/c1-3-14-12-16-17(20-2)18-9-10-19(16)15(14)11-13-7-5-4-6-8-13/h4-10,12H,3,11H2,1-2H3. The van der Waals surface area contributed by atoms with Crippen molar-refractivity contribution >= 4 is 5.52 Å². The molecule has 0 amide bonds. The van der Waals surface area contributed by atoms with E-state index in [1.54, 1.807) is 13.3 Å². The molecule has 0 saturated carbocycles. The van der Waals surface area contributed by atoms with Crippen LogP contribution in [0.3, 0.4) is 0 Å². The van der Waals surface area contributed by atoms with E-state index in [0.29, 0.717) is 5.88 Å². The van der Waals surface area contributed by atoms with Gasteiger partial charge >= 0.3 is 0 Å². The first-order valence-electron chi connectivity index (χ1n) is 6.89. The molecular weight excluding hydrogens is 248 g/mol. The van der Waals surface area contributed by atoms with E-state index in [2.05, 4.69) is 46.6 Å². The molecule has 0 bridgehead atoms. The predicted molar refractivity (Wildman–Crippen MR) is 80.4 cm³/mol. The van der Waals surface area contributed by atoms with Gasteiger partial charge in [0.1, 0.15) is 5.52 Å². The second-order valence-electron chi connectivity index (χ2n) is 4.82. The van der Waals surface area contributed by atoms with Gasteiger partial charge in [-0.3, -0.25) is 0 Å². The topological polar surface area (TPSA) is 26.5 Å². The molecule has 0 spiro atoms. The number of hydrogen-bond acceptors (Lipinski definition) is 2. The summed E-state index contributed by atoms with van der Waals surface area (Å²) in [4.78, 5) is 4.28. The van der Waals surface area contributed by atoms with Crippen LogP contribution in [0.2, 0.25) is 0 Å². The molecule has 0 N–H and O–H groups in total. The summed E-state index contributed by atoms with van der Waals surface area (Å²) in [5.74, 6) is 0.682. The number of methoxy groups -OCH3 is 1. The molecule has 0 aliphatic rings. The van der Waals surface area contributed by atoms with E-state index in [-0.39, 0.29) is 0 Å². The number of benzene rings is 1. The summed E-state index contributed by atoms with van der Waals surface area (Å²) in [6, 6.07) is 12.7. The lowest BCUT2D eigenvalue weighted by Gasteiger charge is -2.07. The van der Waals surface area contributed by atoms with Gasteiger partial charge < -0.3 is 9.14 Å². The fraction of sp³-hybridized carbons (Fsp3) is 0.235. The van der Waals surface area contributed by atoms with Crippen LogP contribution in [0.4, 0.5) is 0 Å². The van der Waals surface area contributed by atoms with E-state index in [0.717, 1.165) is 18.4 Å². The van der Waals surface area contributed by atoms with Crippen LogP contribution in [0, 0.1) is 0 Å². The van der Waals surface area contributed by atoms with Gasteiger partial charge in [-0.15, -0.1) is 0 Å². The van der Waals surface area contributed by atoms with Crippen LogP contribution in [0.25, 0.3) is 5.52 Å². The molecule has 0 saturated heterocycles. The summed E-state index contributed by atoms with van der Waals surface area (Å²) in [7, 11) is 1.66. The first kappa shape index (κ1) is 12.7. The Morgan fingerprint density at radius 2 is 2.00 bits per heavy atom. The van der Waals surface area contributed by atoms with Crippen molar-refractivity contribution in [2.24, 2.45) is 0 Å². The third-order valence-corrected chi connectivity index (χ3v) is 3.65. The molecule has 1 aromatic carbocycles. The Kier molecular flexibility index (Phi) is 3.42. The largest absolute Gasteiger partial charge is 0.480 e. The lowest BCUT2D eigenvalue weighted by molar-refractivity contribution is 0.401. The predicted octanol–water partition coefficient (Wildman–Crippen LogP) is 3.50. The third kappa shape index (κ3) is 2.16. The van der Waals surface area contributed by atoms with Gasteiger partial charge in [0.25, 0.3) is 0 Å². The molecule has 20 heavy (non-hydrogen) atoms. The highest BCUT2D eigenvalue weighted by Gasteiger charge is 2.13. The minimum absolute atomic E-state index is 0.682. The highest BCUT2D eigenvalue weighted by atomic mass is 16.5. The first-order valence-corrected chi connectivity index (χ1v) is 6.89. The highest BCUT2D eigenvalue weighted by Crippen LogP contribution is 2.25. The van der Waals surface area contributed by atoms with Crippen molar-refractivity contribution < 1.29 is 4.74 Å². The van der Waals surface area contributed by atoms with Crippen molar-refractivity contribution in [2.75, 3.05) is 7.11 Å². The molecule has 102 valence electrons. The zero-order valence-electron chi connectivity index (χ0n) is 11.8. The van der Waals surface area contributed by atoms with E-state index in [1.165, 1.54) is 16.8 Å². The van der Waals surface area contributed by atoms with Crippen LogP contribution in [0.5, 0.6) is 5.88 Å². The van der Waals surface area contributed by atoms with E-state index in [1.807, 2.05) is 12.3 Å². The average Bonchev–Trinajstić information content (AvgIpc) is 2.86. The van der Waals surface area contributed by atoms with E-state index >= 15 is 0 Å². The van der Waals surface area contributed by atoms with Crippen LogP contribution < -0.4 is 4.74 Å². The third-order valence-electron chi connectivity index (χ3n) is 3.65. The number of hydrogen-bond donors (Lipinski definition) is 0. The highest BCUT2D eigenvalue weighted by molar-refractivity contribution is 5.61. The van der Waals surface area contributed by atoms with Crippen molar-refractivity contribution in [3.05, 3.63) is 65.6 Å². The van der Waals surface area contributed by atoms with Crippen LogP contribution in [0.1, 0.15) is 23.7 Å². The number of ether oxygens (including phenoxy) is 1. The molecule has 0 atom stereocenters. The molecule has 0 aliphatic heterocycles. The summed E-state index contributed by atoms with van der Waals surface area (Å²) in [5, 5.41) is 0. The Balaban J connectivity index is 2.13. The Hall–Kier alpha value is -2.29. The molecule has 3 rings (SSSR count). The normalized spacial score (nSPS) is 10.9. The van der Waals surface area contributed by atoms with Gasteiger partial charge in [0.15, 0.2) is 0 Å². The van der Waals surface area contributed by atoms with Gasteiger partial charge in [0, 0.05) is 24.5 Å². The van der Waals surface area contributed by atoms with Gasteiger partial charge in [0.2, 0.25) is 5.88 Å². The molecule has 2 heterocycles. The van der Waals surface area contributed by atoms with Crippen LogP contribution in [-0.2, 0) is 12.8 Å². The molecule has 3 aromatic rings. The van der Waals surface area contributed by atoms with Crippen LogP contribution in [0.15, 0.2) is 48.8 Å². The van der Waals surface area contributed by atoms with Gasteiger partial charge in [0.05, 0.1) is 7.11 Å². The van der Waals surface area contributed by atoms with E-state index < -0.39 is 0 Å². The number of rotatable bonds is 4. The van der Waals surface area contributed by atoms with Crippen molar-refractivity contribution in [3.8, 4) is 5.88 Å². The van der Waals surface area contributed by atoms with Gasteiger partial charge in [-0.05, 0) is 23.6 Å². The Labute approximate surface area is 118 Å². The van der Waals surface area contributed by atoms with Crippen molar-refractivity contribution in [1.82, 2.24) is 9.38 Å². The van der Waals surface area contributed by atoms with Crippen LogP contribution in [-0.4, -0.2) is 16.5 Å². The zero-order chi connectivity index (χ0) is 13.9. The second-order valence-corrected chi connectivity index (χ2v) is 4.82. The number of aromatic nitrogens is 2. The fourth-order valence-electron chi connectivity index (χ4n) is 2.64. The molecular formula is C17H18N2O. The maximum Gasteiger partial charge on any atom is 0.238 e. The summed E-state index contributed by atoms with van der Waals surface area (Å²) in [5.41, 5.74) is 5.02. The summed E-state index contributed by atoms with van der Waals surface area (Å²) in [6.07, 6.45) is 5.73. The summed E-state index contributed by atoms with van der Waals surface area (Å²) >= 11 is 0. The second kappa shape index (κ2) is 5.37. The molecule has 3 heteroatoms. The molecule has 0 radical (unpaired) electrons. The Morgan fingerprint density at radius 3 is 2.70 bits per heavy atom. The molecule has 0 aliphatic carbocycles. The van der Waals surface area contributed by atoms with Crippen molar-refractivity contribution in [3.63, 3.8) is 0 Å². The minimum Gasteiger partial charge on any atom is -0.480 e. The first-order chi connectivity index (χ1) is 9.83. The maximum absolute atomic E-state index is 5.36. The molecule has 2 aromatic heterocycles. The maximum atomic E-state index is 5.36. The lowest BCUT2D eigenvalue weighted by Crippen LogP contribution is -1.99. The lowest BCUT2D eigenvalue weighted by atomic mass is 10.1. The number of aryl methyl sites for hydroxylation is 1. The SMILES string of the molecule is CCc1cc2c(OC)nccn2c1Cc1ccccc1. The quantitative estimate of drug-likeness (QED) is 0.722. The van der Waals surface area contributed by atoms with Crippen molar-refractivity contribution in [2.45, 2.75) is 19.8 Å². The van der Waals surface area contributed by atoms with Crippen molar-refractivity contribution in [1.29, 1.82) is 0 Å². The van der Waals surface area contributed by atoms with Gasteiger partial charge in [-0.2, -0.15) is 0 Å². The van der Waals surface area contributed by atoms with E-state index in [4.69, 9.17) is 4.74 Å². The Bertz CT molecular complexity index is 716. The molecule has 0 unspecified atom stereocenters. The van der Waals surface area contributed by atoms with E-state index in [9.17, 15) is 0 Å². The number of nitrogens with zero attached hydrogens (tertiary/aromatic N) is 2. The van der Waals surface area contributed by atoms with Crippen LogP contribution >= 0.6 is 0 Å². The smallest absolute Gasteiger partial charge is 0.238 e. The number of fused-ring (bicyclic) bond motifs is 1. The summed E-state index contributed by atoms with van der Waals surface area (Å²) in [6.45, 7) is 2.18. The summed E-state index contributed by atoms with van der Waals surface area (Å²) < 4.78 is 7.55. The van der Waals surface area contributed by atoms with Gasteiger partial charge in [-0.1, -0.05) is 37.3 Å². The zero-order valence-corrected chi connectivity index (χ0v) is 11.8. The van der Waals surface area contributed by atoms with Gasteiger partial charge in [-0.25, -0.2) is 4.98 Å². The fourth-order valence-corrected chi connectivity index (χ4v) is 2.64. The Morgan fingerprint density at radius 1 is 1.20 bits per heavy atom. The average molecular weight is 266 g/mol. The molecule has 0 fully saturated rings. The minimum atomic E-state index is 0.682. The molecule has 3 nitrogen and oxygen atoms in total.